The Kier molecular flexibility index (Phi) is 5.55. The molecule has 29 heavy (non-hydrogen) atoms. The van der Waals surface area contributed by atoms with Crippen molar-refractivity contribution in [3.05, 3.63) is 48.0 Å². The first-order chi connectivity index (χ1) is 14.1. The Bertz CT molecular complexity index is 1010. The third kappa shape index (κ3) is 3.73. The number of anilines is 1. The van der Waals surface area contributed by atoms with Gasteiger partial charge in [-0.15, -0.1) is 0 Å². The van der Waals surface area contributed by atoms with Gasteiger partial charge in [-0.2, -0.15) is 4.37 Å². The average molecular weight is 413 g/mol. The number of hydrogen-bond donors (Lipinski definition) is 1. The van der Waals surface area contributed by atoms with Crippen LogP contribution in [0, 0.1) is 0 Å². The topological polar surface area (TPSA) is 75.1 Å². The molecule has 0 aliphatic carbocycles. The third-order valence-corrected chi connectivity index (χ3v) is 6.11. The fourth-order valence-corrected chi connectivity index (χ4v) is 4.62. The fraction of sp³-hybridized carbons (Fsp3) is 0.333. The van der Waals surface area contributed by atoms with Gasteiger partial charge in [0.2, 0.25) is 0 Å². The van der Waals surface area contributed by atoms with Crippen LogP contribution in [0.15, 0.2) is 42.5 Å². The van der Waals surface area contributed by atoms with Gasteiger partial charge in [0.1, 0.15) is 11.9 Å². The number of methoxy groups -OCH3 is 2. The van der Waals surface area contributed by atoms with E-state index in [9.17, 15) is 9.90 Å². The van der Waals surface area contributed by atoms with E-state index in [2.05, 4.69) is 21.4 Å². The molecule has 0 bridgehead atoms. The van der Waals surface area contributed by atoms with Crippen LogP contribution < -0.4 is 14.4 Å². The molecule has 2 aromatic carbocycles. The zero-order chi connectivity index (χ0) is 20.4. The number of fused-ring (bicyclic) bond motifs is 1. The first-order valence-corrected chi connectivity index (χ1v) is 10.2. The number of piperazine rings is 1. The predicted octanol–water partition coefficient (Wildman–Crippen LogP) is 3.26. The molecule has 7 nitrogen and oxygen atoms in total. The van der Waals surface area contributed by atoms with Gasteiger partial charge >= 0.3 is 5.97 Å². The highest BCUT2D eigenvalue weighted by Crippen LogP contribution is 2.34. The summed E-state index contributed by atoms with van der Waals surface area (Å²) in [5.41, 5.74) is 0.683. The van der Waals surface area contributed by atoms with Crippen LogP contribution in [-0.4, -0.2) is 60.7 Å². The van der Waals surface area contributed by atoms with Crippen molar-refractivity contribution in [3.8, 4) is 11.5 Å². The number of carbonyl (C=O) groups is 1. The first-order valence-electron chi connectivity index (χ1n) is 9.40. The van der Waals surface area contributed by atoms with Gasteiger partial charge in [0.15, 0.2) is 11.5 Å². The zero-order valence-corrected chi connectivity index (χ0v) is 17.2. The Labute approximate surface area is 173 Å². The van der Waals surface area contributed by atoms with E-state index in [4.69, 9.17) is 9.47 Å². The van der Waals surface area contributed by atoms with E-state index in [0.29, 0.717) is 30.2 Å². The highest BCUT2D eigenvalue weighted by Gasteiger charge is 2.31. The Balaban J connectivity index is 1.53. The summed E-state index contributed by atoms with van der Waals surface area (Å²) in [4.78, 5) is 16.3. The summed E-state index contributed by atoms with van der Waals surface area (Å²) >= 11 is 1.50. The van der Waals surface area contributed by atoms with Gasteiger partial charge in [-0.25, -0.2) is 0 Å². The molecule has 1 aromatic heterocycles. The van der Waals surface area contributed by atoms with Crippen LogP contribution in [0.5, 0.6) is 11.5 Å². The molecule has 1 fully saturated rings. The number of ether oxygens (including phenoxy) is 2. The number of carboxylic acids is 1. The minimum absolute atomic E-state index is 0.531. The molecule has 8 heteroatoms. The van der Waals surface area contributed by atoms with Crippen LogP contribution in [0.1, 0.15) is 11.6 Å². The van der Waals surface area contributed by atoms with Gasteiger partial charge in [-0.05, 0) is 41.4 Å². The molecule has 152 valence electrons. The summed E-state index contributed by atoms with van der Waals surface area (Å²) < 4.78 is 16.4. The number of aliphatic carboxylic acids is 1. The van der Waals surface area contributed by atoms with E-state index in [1.54, 1.807) is 32.4 Å². The Morgan fingerprint density at radius 3 is 2.48 bits per heavy atom. The molecule has 1 unspecified atom stereocenters. The molecule has 0 radical (unpaired) electrons. The van der Waals surface area contributed by atoms with Crippen molar-refractivity contribution in [2.24, 2.45) is 0 Å². The van der Waals surface area contributed by atoms with Crippen molar-refractivity contribution in [2.75, 3.05) is 45.3 Å². The van der Waals surface area contributed by atoms with E-state index in [1.807, 2.05) is 17.0 Å². The fourth-order valence-electron chi connectivity index (χ4n) is 3.83. The van der Waals surface area contributed by atoms with Gasteiger partial charge in [0.25, 0.3) is 0 Å². The Morgan fingerprint density at radius 1 is 1.07 bits per heavy atom. The third-order valence-electron chi connectivity index (χ3n) is 5.29. The number of hydrogen-bond acceptors (Lipinski definition) is 7. The van der Waals surface area contributed by atoms with E-state index >= 15 is 0 Å². The second-order valence-corrected chi connectivity index (χ2v) is 7.69. The molecule has 0 saturated carbocycles. The van der Waals surface area contributed by atoms with Gasteiger partial charge in [0, 0.05) is 31.6 Å². The van der Waals surface area contributed by atoms with Gasteiger partial charge in [-0.1, -0.05) is 18.2 Å². The Morgan fingerprint density at radius 2 is 1.79 bits per heavy atom. The van der Waals surface area contributed by atoms with E-state index in [0.717, 1.165) is 24.3 Å². The summed E-state index contributed by atoms with van der Waals surface area (Å²) in [6, 6.07) is 12.8. The first kappa shape index (κ1) is 19.5. The van der Waals surface area contributed by atoms with Crippen molar-refractivity contribution < 1.29 is 19.4 Å². The van der Waals surface area contributed by atoms with Gasteiger partial charge < -0.3 is 19.5 Å². The van der Waals surface area contributed by atoms with E-state index in [1.165, 1.54) is 16.2 Å². The highest BCUT2D eigenvalue weighted by atomic mass is 32.1. The summed E-state index contributed by atoms with van der Waals surface area (Å²) in [6.45, 7) is 2.73. The molecule has 2 heterocycles. The lowest BCUT2D eigenvalue weighted by Gasteiger charge is -2.38. The highest BCUT2D eigenvalue weighted by molar-refractivity contribution is 7.13. The van der Waals surface area contributed by atoms with E-state index < -0.39 is 12.0 Å². The second-order valence-electron chi connectivity index (χ2n) is 6.88. The molecule has 0 spiro atoms. The molecule has 3 aromatic rings. The van der Waals surface area contributed by atoms with Crippen molar-refractivity contribution in [1.82, 2.24) is 9.27 Å². The van der Waals surface area contributed by atoms with Crippen molar-refractivity contribution in [3.63, 3.8) is 0 Å². The largest absolute Gasteiger partial charge is 0.493 e. The Hall–Kier alpha value is -2.84. The molecule has 1 N–H and O–H groups in total. The lowest BCUT2D eigenvalue weighted by Crippen LogP contribution is -2.49. The summed E-state index contributed by atoms with van der Waals surface area (Å²) in [6.07, 6.45) is 0. The number of benzene rings is 2. The maximum absolute atomic E-state index is 12.1. The second kappa shape index (κ2) is 8.26. The van der Waals surface area contributed by atoms with Gasteiger partial charge in [0.05, 0.1) is 18.9 Å². The molecular weight excluding hydrogens is 390 g/mol. The quantitative estimate of drug-likeness (QED) is 0.665. The van der Waals surface area contributed by atoms with Crippen molar-refractivity contribution >= 4 is 33.4 Å². The maximum Gasteiger partial charge on any atom is 0.325 e. The standard InChI is InChI=1S/C21H23N3O4S/c1-27-16-8-7-14(13-17(16)28-2)19(21(25)26)23-9-11-24(12-10-23)20-15-5-3-4-6-18(15)29-22-20/h3-8,13,19H,9-12H2,1-2H3,(H,25,26). The van der Waals surface area contributed by atoms with Crippen LogP contribution in [0.4, 0.5) is 5.82 Å². The average Bonchev–Trinajstić information content (AvgIpc) is 3.18. The SMILES string of the molecule is COc1ccc(C(C(=O)O)N2CCN(c3nsc4ccccc34)CC2)cc1OC. The lowest BCUT2D eigenvalue weighted by molar-refractivity contribution is -0.143. The van der Waals surface area contributed by atoms with Crippen molar-refractivity contribution in [1.29, 1.82) is 0 Å². The molecular formula is C21H23N3O4S. The minimum Gasteiger partial charge on any atom is -0.493 e. The normalized spacial score (nSPS) is 16.0. The molecule has 1 atom stereocenters. The van der Waals surface area contributed by atoms with Crippen LogP contribution in [0.3, 0.4) is 0 Å². The molecule has 4 rings (SSSR count). The predicted molar refractivity (Wildman–Crippen MR) is 113 cm³/mol. The van der Waals surface area contributed by atoms with Crippen molar-refractivity contribution in [2.45, 2.75) is 6.04 Å². The molecule has 1 saturated heterocycles. The molecule has 1 aliphatic heterocycles. The molecule has 0 amide bonds. The van der Waals surface area contributed by atoms with Crippen LogP contribution in [0.25, 0.3) is 10.1 Å². The van der Waals surface area contributed by atoms with Crippen LogP contribution >= 0.6 is 11.5 Å². The maximum atomic E-state index is 12.1. The van der Waals surface area contributed by atoms with Gasteiger partial charge in [-0.3, -0.25) is 9.69 Å². The summed E-state index contributed by atoms with van der Waals surface area (Å²) in [5.74, 6) is 1.23. The number of aromatic nitrogens is 1. The smallest absolute Gasteiger partial charge is 0.325 e. The monoisotopic (exact) mass is 413 g/mol. The number of carboxylic acid groups (broad SMARTS) is 1. The number of rotatable bonds is 6. The zero-order valence-electron chi connectivity index (χ0n) is 16.4. The summed E-state index contributed by atoms with van der Waals surface area (Å²) in [7, 11) is 3.11. The molecule has 1 aliphatic rings. The van der Waals surface area contributed by atoms with Crippen LogP contribution in [0.2, 0.25) is 0 Å². The number of nitrogens with zero attached hydrogens (tertiary/aromatic N) is 3. The van der Waals surface area contributed by atoms with Crippen LogP contribution in [-0.2, 0) is 4.79 Å². The lowest BCUT2D eigenvalue weighted by atomic mass is 10.0. The summed E-state index contributed by atoms with van der Waals surface area (Å²) in [5, 5.41) is 11.1. The van der Waals surface area contributed by atoms with E-state index in [-0.39, 0.29) is 0 Å². The minimum atomic E-state index is -0.871.